The summed E-state index contributed by atoms with van der Waals surface area (Å²) in [4.78, 5) is 12.0. The zero-order chi connectivity index (χ0) is 16.1. The summed E-state index contributed by atoms with van der Waals surface area (Å²) < 4.78 is 5.28. The lowest BCUT2D eigenvalue weighted by atomic mass is 9.96. The van der Waals surface area contributed by atoms with Crippen LogP contribution in [0.2, 0.25) is 0 Å². The van der Waals surface area contributed by atoms with E-state index in [0.29, 0.717) is 11.5 Å². The lowest BCUT2D eigenvalue weighted by Crippen LogP contribution is -2.09. The third-order valence-corrected chi connectivity index (χ3v) is 3.65. The molecule has 0 saturated heterocycles. The Morgan fingerprint density at radius 2 is 1.86 bits per heavy atom. The fourth-order valence-electron chi connectivity index (χ4n) is 2.30. The summed E-state index contributed by atoms with van der Waals surface area (Å²) >= 11 is 0. The van der Waals surface area contributed by atoms with Gasteiger partial charge in [0.1, 0.15) is 12.4 Å². The molecule has 0 atom stereocenters. The quantitative estimate of drug-likeness (QED) is 0.845. The highest BCUT2D eigenvalue weighted by molar-refractivity contribution is 5.74. The third kappa shape index (κ3) is 4.10. The topological polar surface area (TPSA) is 46.5 Å². The van der Waals surface area contributed by atoms with Gasteiger partial charge in [0.15, 0.2) is 0 Å². The predicted octanol–water partition coefficient (Wildman–Crippen LogP) is 4.11. The van der Waals surface area contributed by atoms with Gasteiger partial charge in [-0.05, 0) is 29.5 Å². The maximum absolute atomic E-state index is 12.0. The number of aryl methyl sites for hydroxylation is 1. The number of aromatic hydroxyl groups is 1. The zero-order valence-corrected chi connectivity index (χ0v) is 13.3. The van der Waals surface area contributed by atoms with Crippen LogP contribution in [0.1, 0.15) is 42.0 Å². The van der Waals surface area contributed by atoms with Crippen molar-refractivity contribution >= 4 is 5.97 Å². The molecule has 0 bridgehead atoms. The average Bonchev–Trinajstić information content (AvgIpc) is 2.50. The van der Waals surface area contributed by atoms with E-state index in [1.54, 1.807) is 0 Å². The molecule has 0 radical (unpaired) electrons. The first-order valence-electron chi connectivity index (χ1n) is 7.49. The Bertz CT molecular complexity index is 645. The SMILES string of the molecule is Cc1cc(C(C)C)cc(CC(=O)OCc2ccccc2)c1O. The molecule has 0 heterocycles. The van der Waals surface area contributed by atoms with Crippen LogP contribution in [0.4, 0.5) is 0 Å². The van der Waals surface area contributed by atoms with E-state index in [2.05, 4.69) is 13.8 Å². The molecule has 0 aromatic heterocycles. The summed E-state index contributed by atoms with van der Waals surface area (Å²) in [7, 11) is 0. The van der Waals surface area contributed by atoms with Gasteiger partial charge < -0.3 is 9.84 Å². The molecule has 2 aromatic rings. The molecule has 0 aliphatic heterocycles. The second kappa shape index (κ2) is 7.12. The van der Waals surface area contributed by atoms with E-state index in [9.17, 15) is 9.90 Å². The molecule has 1 N–H and O–H groups in total. The van der Waals surface area contributed by atoms with Crippen molar-refractivity contribution in [2.45, 2.75) is 39.7 Å². The highest BCUT2D eigenvalue weighted by Crippen LogP contribution is 2.28. The van der Waals surface area contributed by atoms with Crippen molar-refractivity contribution in [1.82, 2.24) is 0 Å². The Labute approximate surface area is 131 Å². The lowest BCUT2D eigenvalue weighted by Gasteiger charge is -2.13. The number of phenolic OH excluding ortho intramolecular Hbond substituents is 1. The minimum absolute atomic E-state index is 0.0834. The molecule has 0 unspecified atom stereocenters. The predicted molar refractivity (Wildman–Crippen MR) is 86.9 cm³/mol. The Morgan fingerprint density at radius 1 is 1.18 bits per heavy atom. The fraction of sp³-hybridized carbons (Fsp3) is 0.316. The molecule has 0 spiro atoms. The molecule has 2 aromatic carbocycles. The van der Waals surface area contributed by atoms with E-state index >= 15 is 0 Å². The molecule has 0 saturated carbocycles. The number of phenols is 1. The first kappa shape index (κ1) is 16.1. The summed E-state index contributed by atoms with van der Waals surface area (Å²) in [6.07, 6.45) is 0.0834. The minimum atomic E-state index is -0.334. The average molecular weight is 298 g/mol. The van der Waals surface area contributed by atoms with Crippen LogP contribution in [-0.4, -0.2) is 11.1 Å². The molecule has 116 valence electrons. The van der Waals surface area contributed by atoms with Crippen LogP contribution in [-0.2, 0) is 22.6 Å². The normalized spacial score (nSPS) is 10.7. The van der Waals surface area contributed by atoms with Gasteiger partial charge in [-0.1, -0.05) is 56.3 Å². The molecule has 0 fully saturated rings. The van der Waals surface area contributed by atoms with Gasteiger partial charge in [-0.25, -0.2) is 0 Å². The molecule has 3 nitrogen and oxygen atoms in total. The van der Waals surface area contributed by atoms with Gasteiger partial charge in [-0.15, -0.1) is 0 Å². The summed E-state index contributed by atoms with van der Waals surface area (Å²) in [6.45, 7) is 6.27. The minimum Gasteiger partial charge on any atom is -0.507 e. The molecular weight excluding hydrogens is 276 g/mol. The van der Waals surface area contributed by atoms with Crippen LogP contribution in [0.3, 0.4) is 0 Å². The summed E-state index contributed by atoms with van der Waals surface area (Å²) in [6, 6.07) is 13.4. The third-order valence-electron chi connectivity index (χ3n) is 3.65. The molecule has 3 heteroatoms. The van der Waals surface area contributed by atoms with Gasteiger partial charge in [-0.3, -0.25) is 4.79 Å². The van der Waals surface area contributed by atoms with Gasteiger partial charge in [0.05, 0.1) is 6.42 Å². The van der Waals surface area contributed by atoms with Crippen molar-refractivity contribution in [3.63, 3.8) is 0 Å². The highest BCUT2D eigenvalue weighted by atomic mass is 16.5. The Morgan fingerprint density at radius 3 is 2.50 bits per heavy atom. The van der Waals surface area contributed by atoms with Gasteiger partial charge in [0, 0.05) is 5.56 Å². The number of rotatable bonds is 5. The maximum atomic E-state index is 12.0. The van der Waals surface area contributed by atoms with E-state index in [4.69, 9.17) is 4.74 Å². The standard InChI is InChI=1S/C19H22O3/c1-13(2)16-9-14(3)19(21)17(10-16)11-18(20)22-12-15-7-5-4-6-8-15/h4-10,13,21H,11-12H2,1-3H3. The number of hydrogen-bond acceptors (Lipinski definition) is 3. The van der Waals surface area contributed by atoms with Gasteiger partial charge in [0.2, 0.25) is 0 Å². The van der Waals surface area contributed by atoms with Gasteiger partial charge >= 0.3 is 5.97 Å². The number of benzene rings is 2. The molecule has 0 aliphatic carbocycles. The van der Waals surface area contributed by atoms with Crippen molar-refractivity contribution in [2.75, 3.05) is 0 Å². The first-order valence-corrected chi connectivity index (χ1v) is 7.49. The van der Waals surface area contributed by atoms with Crippen molar-refractivity contribution in [3.8, 4) is 5.75 Å². The second-order valence-electron chi connectivity index (χ2n) is 5.82. The molecule has 22 heavy (non-hydrogen) atoms. The zero-order valence-electron chi connectivity index (χ0n) is 13.3. The Balaban J connectivity index is 2.05. The fourth-order valence-corrected chi connectivity index (χ4v) is 2.30. The van der Waals surface area contributed by atoms with Crippen molar-refractivity contribution in [1.29, 1.82) is 0 Å². The van der Waals surface area contributed by atoms with E-state index in [1.807, 2.05) is 49.4 Å². The molecular formula is C19H22O3. The van der Waals surface area contributed by atoms with Crippen molar-refractivity contribution in [2.24, 2.45) is 0 Å². The lowest BCUT2D eigenvalue weighted by molar-refractivity contribution is -0.144. The molecule has 0 amide bonds. The van der Waals surface area contributed by atoms with E-state index in [-0.39, 0.29) is 24.7 Å². The largest absolute Gasteiger partial charge is 0.507 e. The monoisotopic (exact) mass is 298 g/mol. The van der Waals surface area contributed by atoms with E-state index in [0.717, 1.165) is 16.7 Å². The number of carbonyl (C=O) groups is 1. The van der Waals surface area contributed by atoms with Crippen molar-refractivity contribution in [3.05, 3.63) is 64.7 Å². The van der Waals surface area contributed by atoms with Crippen LogP contribution >= 0.6 is 0 Å². The van der Waals surface area contributed by atoms with Crippen LogP contribution in [0, 0.1) is 6.92 Å². The van der Waals surface area contributed by atoms with Gasteiger partial charge in [0.25, 0.3) is 0 Å². The Hall–Kier alpha value is -2.29. The first-order chi connectivity index (χ1) is 10.5. The van der Waals surface area contributed by atoms with E-state index in [1.165, 1.54) is 0 Å². The smallest absolute Gasteiger partial charge is 0.310 e. The van der Waals surface area contributed by atoms with Crippen LogP contribution in [0.5, 0.6) is 5.75 Å². The van der Waals surface area contributed by atoms with E-state index < -0.39 is 0 Å². The second-order valence-corrected chi connectivity index (χ2v) is 5.82. The van der Waals surface area contributed by atoms with Crippen LogP contribution in [0.15, 0.2) is 42.5 Å². The number of ether oxygens (including phenoxy) is 1. The Kier molecular flexibility index (Phi) is 5.21. The number of carbonyl (C=O) groups excluding carboxylic acids is 1. The van der Waals surface area contributed by atoms with Gasteiger partial charge in [-0.2, -0.15) is 0 Å². The number of esters is 1. The summed E-state index contributed by atoms with van der Waals surface area (Å²) in [5.41, 5.74) is 3.48. The molecule has 2 rings (SSSR count). The van der Waals surface area contributed by atoms with Crippen molar-refractivity contribution < 1.29 is 14.6 Å². The van der Waals surface area contributed by atoms with Crippen LogP contribution in [0.25, 0.3) is 0 Å². The maximum Gasteiger partial charge on any atom is 0.310 e. The van der Waals surface area contributed by atoms with Crippen LogP contribution < -0.4 is 0 Å². The number of hydrogen-bond donors (Lipinski definition) is 1. The molecule has 0 aliphatic rings. The highest BCUT2D eigenvalue weighted by Gasteiger charge is 2.13. The summed E-state index contributed by atoms with van der Waals surface area (Å²) in [5, 5.41) is 10.1. The summed E-state index contributed by atoms with van der Waals surface area (Å²) in [5.74, 6) is 0.193.